The van der Waals surface area contributed by atoms with Crippen molar-refractivity contribution in [3.05, 3.63) is 0 Å². The van der Waals surface area contributed by atoms with Gasteiger partial charge < -0.3 is 11.5 Å². The van der Waals surface area contributed by atoms with Crippen molar-refractivity contribution in [3.8, 4) is 0 Å². The van der Waals surface area contributed by atoms with Crippen LogP contribution in [0.25, 0.3) is 0 Å². The van der Waals surface area contributed by atoms with E-state index in [2.05, 4.69) is 13.8 Å². The van der Waals surface area contributed by atoms with Gasteiger partial charge in [0.25, 0.3) is 0 Å². The van der Waals surface area contributed by atoms with E-state index in [0.29, 0.717) is 12.8 Å². The highest BCUT2D eigenvalue weighted by atomic mass is 16.1. The van der Waals surface area contributed by atoms with Crippen molar-refractivity contribution in [1.29, 1.82) is 0 Å². The number of hydrogen-bond acceptors (Lipinski definition) is 2. The van der Waals surface area contributed by atoms with Gasteiger partial charge in [0.2, 0.25) is 11.8 Å². The molecule has 0 radical (unpaired) electrons. The molecule has 20 heavy (non-hydrogen) atoms. The normalized spacial score (nSPS) is 9.70. The summed E-state index contributed by atoms with van der Waals surface area (Å²) in [5.41, 5.74) is 10.00. The molecule has 0 rings (SSSR count). The van der Waals surface area contributed by atoms with Crippen LogP contribution in [0.4, 0.5) is 0 Å². The first-order chi connectivity index (χ1) is 9.54. The van der Waals surface area contributed by atoms with Crippen LogP contribution >= 0.6 is 0 Å². The van der Waals surface area contributed by atoms with Crippen LogP contribution in [0, 0.1) is 0 Å². The van der Waals surface area contributed by atoms with Gasteiger partial charge in [0.15, 0.2) is 0 Å². The lowest BCUT2D eigenvalue weighted by molar-refractivity contribution is -0.119. The minimum absolute atomic E-state index is 0.223. The van der Waals surface area contributed by atoms with E-state index < -0.39 is 0 Å². The monoisotopic (exact) mass is 286 g/mol. The van der Waals surface area contributed by atoms with Gasteiger partial charge in [0.1, 0.15) is 0 Å². The lowest BCUT2D eigenvalue weighted by Crippen LogP contribution is -2.09. The number of carbonyl (C=O) groups is 2. The molecular weight excluding hydrogens is 252 g/mol. The predicted octanol–water partition coefficient (Wildman–Crippen LogP) is 3.66. The van der Waals surface area contributed by atoms with E-state index in [1.807, 2.05) is 0 Å². The Morgan fingerprint density at radius 1 is 0.600 bits per heavy atom. The molecule has 0 aliphatic carbocycles. The van der Waals surface area contributed by atoms with Crippen LogP contribution in [0.3, 0.4) is 0 Å². The van der Waals surface area contributed by atoms with Crippen molar-refractivity contribution in [3.63, 3.8) is 0 Å². The second-order valence-electron chi connectivity index (χ2n) is 5.26. The van der Waals surface area contributed by atoms with Crippen LogP contribution in [0.1, 0.15) is 90.9 Å². The third-order valence-corrected chi connectivity index (χ3v) is 3.05. The van der Waals surface area contributed by atoms with Crippen LogP contribution in [0.15, 0.2) is 0 Å². The standard InChI is InChI=1S/C10H20N2O2.C6H14/c11-9(13)7-5-3-1-2-4-6-8-10(12)14;1-3-5-6-4-2/h1-8H2,(H2,11,13)(H2,12,14);3-6H2,1-2H3. The van der Waals surface area contributed by atoms with Gasteiger partial charge >= 0.3 is 0 Å². The number of hydrogen-bond donors (Lipinski definition) is 2. The molecule has 0 atom stereocenters. The van der Waals surface area contributed by atoms with Crippen LogP contribution in [0.5, 0.6) is 0 Å². The highest BCUT2D eigenvalue weighted by Crippen LogP contribution is 2.07. The van der Waals surface area contributed by atoms with Crippen LogP contribution < -0.4 is 11.5 Å². The van der Waals surface area contributed by atoms with E-state index in [4.69, 9.17) is 11.5 Å². The van der Waals surface area contributed by atoms with Crippen molar-refractivity contribution in [1.82, 2.24) is 0 Å². The smallest absolute Gasteiger partial charge is 0.217 e. The average molecular weight is 286 g/mol. The number of nitrogens with two attached hydrogens (primary N) is 2. The van der Waals surface area contributed by atoms with Gasteiger partial charge in [-0.1, -0.05) is 65.2 Å². The second-order valence-corrected chi connectivity index (χ2v) is 5.26. The lowest BCUT2D eigenvalue weighted by Gasteiger charge is -1.99. The van der Waals surface area contributed by atoms with Gasteiger partial charge in [0.05, 0.1) is 0 Å². The van der Waals surface area contributed by atoms with Crippen molar-refractivity contribution < 1.29 is 9.59 Å². The van der Waals surface area contributed by atoms with E-state index in [-0.39, 0.29) is 11.8 Å². The molecule has 2 amide bonds. The summed E-state index contributed by atoms with van der Waals surface area (Å²) in [6, 6.07) is 0. The third kappa shape index (κ3) is 25.7. The molecular formula is C16H34N2O2. The van der Waals surface area contributed by atoms with E-state index in [0.717, 1.165) is 38.5 Å². The lowest BCUT2D eigenvalue weighted by atomic mass is 10.1. The molecule has 120 valence electrons. The van der Waals surface area contributed by atoms with Gasteiger partial charge in [-0.25, -0.2) is 0 Å². The molecule has 4 N–H and O–H groups in total. The summed E-state index contributed by atoms with van der Waals surface area (Å²) < 4.78 is 0. The predicted molar refractivity (Wildman–Crippen MR) is 85.1 cm³/mol. The SMILES string of the molecule is CCCCCC.NC(=O)CCCCCCCCC(N)=O. The van der Waals surface area contributed by atoms with Gasteiger partial charge in [-0.05, 0) is 12.8 Å². The zero-order valence-electron chi connectivity index (χ0n) is 13.5. The van der Waals surface area contributed by atoms with E-state index in [9.17, 15) is 9.59 Å². The fraction of sp³-hybridized carbons (Fsp3) is 0.875. The summed E-state index contributed by atoms with van der Waals surface area (Å²) >= 11 is 0. The molecule has 0 fully saturated rings. The van der Waals surface area contributed by atoms with Crippen LogP contribution in [0.2, 0.25) is 0 Å². The Kier molecular flexibility index (Phi) is 19.1. The molecule has 0 spiro atoms. The summed E-state index contributed by atoms with van der Waals surface area (Å²) in [4.78, 5) is 20.8. The van der Waals surface area contributed by atoms with Crippen molar-refractivity contribution >= 4 is 11.8 Å². The molecule has 0 saturated carbocycles. The van der Waals surface area contributed by atoms with Gasteiger partial charge in [-0.3, -0.25) is 9.59 Å². The minimum Gasteiger partial charge on any atom is -0.370 e. The molecule has 0 unspecified atom stereocenters. The first-order valence-corrected chi connectivity index (χ1v) is 8.11. The maximum absolute atomic E-state index is 10.4. The average Bonchev–Trinajstić information content (AvgIpc) is 2.39. The Morgan fingerprint density at radius 3 is 1.15 bits per heavy atom. The second kappa shape index (κ2) is 17.9. The van der Waals surface area contributed by atoms with Gasteiger partial charge in [-0.2, -0.15) is 0 Å². The molecule has 0 aromatic rings. The summed E-state index contributed by atoms with van der Waals surface area (Å²) in [6.07, 6.45) is 12.6. The third-order valence-electron chi connectivity index (χ3n) is 3.05. The largest absolute Gasteiger partial charge is 0.370 e. The van der Waals surface area contributed by atoms with E-state index >= 15 is 0 Å². The molecule has 0 aromatic heterocycles. The Balaban J connectivity index is 0. The number of primary amides is 2. The number of rotatable bonds is 12. The van der Waals surface area contributed by atoms with Crippen molar-refractivity contribution in [2.75, 3.05) is 0 Å². The summed E-state index contributed by atoms with van der Waals surface area (Å²) in [7, 11) is 0. The Morgan fingerprint density at radius 2 is 0.900 bits per heavy atom. The van der Waals surface area contributed by atoms with Crippen molar-refractivity contribution in [2.45, 2.75) is 90.9 Å². The molecule has 0 heterocycles. The molecule has 0 saturated heterocycles. The number of carbonyl (C=O) groups excluding carboxylic acids is 2. The Labute approximate surface area is 124 Å². The fourth-order valence-corrected chi connectivity index (χ4v) is 1.81. The zero-order chi connectivity index (χ0) is 15.6. The highest BCUT2D eigenvalue weighted by molar-refractivity contribution is 5.73. The summed E-state index contributed by atoms with van der Waals surface area (Å²) in [5, 5.41) is 0. The van der Waals surface area contributed by atoms with Crippen LogP contribution in [-0.4, -0.2) is 11.8 Å². The summed E-state index contributed by atoms with van der Waals surface area (Å²) in [5.74, 6) is -0.447. The zero-order valence-corrected chi connectivity index (χ0v) is 13.5. The highest BCUT2D eigenvalue weighted by Gasteiger charge is 1.96. The van der Waals surface area contributed by atoms with Gasteiger partial charge in [-0.15, -0.1) is 0 Å². The van der Waals surface area contributed by atoms with Crippen molar-refractivity contribution in [2.24, 2.45) is 11.5 Å². The fourth-order valence-electron chi connectivity index (χ4n) is 1.81. The maximum atomic E-state index is 10.4. The molecule has 0 aliphatic heterocycles. The minimum atomic E-state index is -0.223. The summed E-state index contributed by atoms with van der Waals surface area (Å²) in [6.45, 7) is 4.46. The number of amides is 2. The van der Waals surface area contributed by atoms with Gasteiger partial charge in [0, 0.05) is 12.8 Å². The molecule has 0 aliphatic rings. The van der Waals surface area contributed by atoms with E-state index in [1.165, 1.54) is 25.7 Å². The first-order valence-electron chi connectivity index (χ1n) is 8.11. The Bertz CT molecular complexity index is 207. The van der Waals surface area contributed by atoms with E-state index in [1.54, 1.807) is 0 Å². The molecule has 4 nitrogen and oxygen atoms in total. The molecule has 4 heteroatoms. The Hall–Kier alpha value is -1.06. The topological polar surface area (TPSA) is 86.2 Å². The quantitative estimate of drug-likeness (QED) is 0.536. The molecule has 0 bridgehead atoms. The molecule has 0 aromatic carbocycles. The maximum Gasteiger partial charge on any atom is 0.217 e. The number of unbranched alkanes of at least 4 members (excludes halogenated alkanes) is 8. The van der Waals surface area contributed by atoms with Crippen LogP contribution in [-0.2, 0) is 9.59 Å². The first kappa shape index (κ1) is 21.2.